The summed E-state index contributed by atoms with van der Waals surface area (Å²) in [4.78, 5) is 10.1. The van der Waals surface area contributed by atoms with E-state index in [1.54, 1.807) is 0 Å². The SMILES string of the molecule is O=[N+]([O-])CC1=Cc2ccc(Br)cc2CC1. The van der Waals surface area contributed by atoms with Gasteiger partial charge in [0, 0.05) is 15.0 Å². The van der Waals surface area contributed by atoms with Crippen molar-refractivity contribution in [3.05, 3.63) is 49.5 Å². The molecule has 0 unspecified atom stereocenters. The minimum Gasteiger partial charge on any atom is -0.264 e. The monoisotopic (exact) mass is 267 g/mol. The average molecular weight is 268 g/mol. The highest BCUT2D eigenvalue weighted by molar-refractivity contribution is 9.10. The quantitative estimate of drug-likeness (QED) is 0.611. The maximum Gasteiger partial charge on any atom is 0.225 e. The first-order valence-electron chi connectivity index (χ1n) is 4.75. The van der Waals surface area contributed by atoms with Crippen molar-refractivity contribution in [3.8, 4) is 0 Å². The highest BCUT2D eigenvalue weighted by Crippen LogP contribution is 2.26. The molecule has 0 bridgehead atoms. The molecular formula is C11H10BrNO2. The predicted octanol–water partition coefficient (Wildman–Crippen LogP) is 3.06. The van der Waals surface area contributed by atoms with Crippen LogP contribution in [0.3, 0.4) is 0 Å². The van der Waals surface area contributed by atoms with E-state index in [4.69, 9.17) is 0 Å². The van der Waals surface area contributed by atoms with Gasteiger partial charge in [0.25, 0.3) is 0 Å². The summed E-state index contributed by atoms with van der Waals surface area (Å²) in [6, 6.07) is 6.04. The molecule has 0 N–H and O–H groups in total. The fraction of sp³-hybridized carbons (Fsp3) is 0.273. The van der Waals surface area contributed by atoms with Crippen LogP contribution in [0.5, 0.6) is 0 Å². The Morgan fingerprint density at radius 1 is 1.40 bits per heavy atom. The number of fused-ring (bicyclic) bond motifs is 1. The number of nitrogens with zero attached hydrogens (tertiary/aromatic N) is 1. The van der Waals surface area contributed by atoms with E-state index in [0.29, 0.717) is 0 Å². The molecule has 0 atom stereocenters. The largest absolute Gasteiger partial charge is 0.264 e. The van der Waals surface area contributed by atoms with Crippen LogP contribution in [0.4, 0.5) is 0 Å². The van der Waals surface area contributed by atoms with Gasteiger partial charge in [-0.05, 0) is 42.2 Å². The summed E-state index contributed by atoms with van der Waals surface area (Å²) in [7, 11) is 0. The third-order valence-electron chi connectivity index (χ3n) is 2.51. The Bertz CT molecular complexity index is 440. The summed E-state index contributed by atoms with van der Waals surface area (Å²) >= 11 is 3.42. The van der Waals surface area contributed by atoms with Crippen molar-refractivity contribution in [1.29, 1.82) is 0 Å². The fourth-order valence-corrected chi connectivity index (χ4v) is 2.22. The van der Waals surface area contributed by atoms with Gasteiger partial charge in [0.05, 0.1) is 0 Å². The molecule has 15 heavy (non-hydrogen) atoms. The maximum absolute atomic E-state index is 10.4. The lowest BCUT2D eigenvalue weighted by atomic mass is 9.92. The molecule has 0 aromatic heterocycles. The lowest BCUT2D eigenvalue weighted by molar-refractivity contribution is -0.471. The minimum atomic E-state index is -0.268. The molecule has 1 aromatic carbocycles. The van der Waals surface area contributed by atoms with Crippen LogP contribution in [0, 0.1) is 10.1 Å². The van der Waals surface area contributed by atoms with Gasteiger partial charge in [-0.3, -0.25) is 10.1 Å². The van der Waals surface area contributed by atoms with E-state index in [1.165, 1.54) is 5.56 Å². The summed E-state index contributed by atoms with van der Waals surface area (Å²) in [5.74, 6) is 0. The summed E-state index contributed by atoms with van der Waals surface area (Å²) in [6.07, 6.45) is 3.63. The molecular weight excluding hydrogens is 258 g/mol. The lowest BCUT2D eigenvalue weighted by Crippen LogP contribution is -2.08. The zero-order valence-electron chi connectivity index (χ0n) is 8.07. The minimum absolute atomic E-state index is 0.0322. The number of hydrogen-bond donors (Lipinski definition) is 0. The Hall–Kier alpha value is -1.16. The lowest BCUT2D eigenvalue weighted by Gasteiger charge is -2.14. The zero-order chi connectivity index (χ0) is 10.8. The van der Waals surface area contributed by atoms with Gasteiger partial charge in [-0.15, -0.1) is 0 Å². The Morgan fingerprint density at radius 3 is 2.93 bits per heavy atom. The molecule has 1 aliphatic rings. The highest BCUT2D eigenvalue weighted by Gasteiger charge is 2.13. The smallest absolute Gasteiger partial charge is 0.225 e. The highest BCUT2D eigenvalue weighted by atomic mass is 79.9. The van der Waals surface area contributed by atoms with Crippen molar-refractivity contribution in [2.24, 2.45) is 0 Å². The number of aryl methyl sites for hydroxylation is 1. The molecule has 0 saturated carbocycles. The second-order valence-corrected chi connectivity index (χ2v) is 4.55. The summed E-state index contributed by atoms with van der Waals surface area (Å²) in [5, 5.41) is 10.4. The van der Waals surface area contributed by atoms with Crippen molar-refractivity contribution >= 4 is 22.0 Å². The number of halogens is 1. The molecule has 0 fully saturated rings. The molecule has 2 rings (SSSR count). The molecule has 0 heterocycles. The second kappa shape index (κ2) is 4.14. The van der Waals surface area contributed by atoms with Gasteiger partial charge in [0.15, 0.2) is 0 Å². The van der Waals surface area contributed by atoms with Gasteiger partial charge in [-0.25, -0.2) is 0 Å². The van der Waals surface area contributed by atoms with Crippen LogP contribution in [0.25, 0.3) is 6.08 Å². The number of nitro groups is 1. The first kappa shape index (κ1) is 10.4. The van der Waals surface area contributed by atoms with E-state index in [-0.39, 0.29) is 11.5 Å². The number of hydrogen-bond acceptors (Lipinski definition) is 2. The Morgan fingerprint density at radius 2 is 2.20 bits per heavy atom. The normalized spacial score (nSPS) is 14.3. The molecule has 0 spiro atoms. The van der Waals surface area contributed by atoms with E-state index >= 15 is 0 Å². The predicted molar refractivity (Wildman–Crippen MR) is 62.3 cm³/mol. The Kier molecular flexibility index (Phi) is 2.86. The van der Waals surface area contributed by atoms with Crippen molar-refractivity contribution < 1.29 is 4.92 Å². The van der Waals surface area contributed by atoms with Crippen molar-refractivity contribution in [3.63, 3.8) is 0 Å². The van der Waals surface area contributed by atoms with Gasteiger partial charge in [0.1, 0.15) is 0 Å². The van der Waals surface area contributed by atoms with E-state index in [2.05, 4.69) is 22.0 Å². The van der Waals surface area contributed by atoms with Crippen molar-refractivity contribution in [2.45, 2.75) is 12.8 Å². The van der Waals surface area contributed by atoms with Crippen LogP contribution in [-0.2, 0) is 6.42 Å². The average Bonchev–Trinajstić information content (AvgIpc) is 2.17. The first-order valence-corrected chi connectivity index (χ1v) is 5.54. The molecule has 0 radical (unpaired) electrons. The van der Waals surface area contributed by atoms with Crippen LogP contribution >= 0.6 is 15.9 Å². The molecule has 0 aliphatic heterocycles. The summed E-state index contributed by atoms with van der Waals surface area (Å²) < 4.78 is 1.06. The standard InChI is InChI=1S/C11H10BrNO2/c12-11-4-3-9-5-8(7-13(14)15)1-2-10(9)6-11/h3-6H,1-2,7H2. The first-order chi connectivity index (χ1) is 7.15. The molecule has 1 aliphatic carbocycles. The van der Waals surface area contributed by atoms with Crippen LogP contribution in [-0.4, -0.2) is 11.5 Å². The van der Waals surface area contributed by atoms with E-state index in [9.17, 15) is 10.1 Å². The van der Waals surface area contributed by atoms with Gasteiger partial charge in [0.2, 0.25) is 6.54 Å². The van der Waals surface area contributed by atoms with E-state index in [1.807, 2.05) is 18.2 Å². The molecule has 3 nitrogen and oxygen atoms in total. The summed E-state index contributed by atoms with van der Waals surface area (Å²) in [5.41, 5.74) is 3.28. The van der Waals surface area contributed by atoms with Gasteiger partial charge < -0.3 is 0 Å². The molecule has 1 aromatic rings. The Labute approximate surface area is 96.1 Å². The third-order valence-corrected chi connectivity index (χ3v) is 3.01. The second-order valence-electron chi connectivity index (χ2n) is 3.64. The van der Waals surface area contributed by atoms with Crippen molar-refractivity contribution in [2.75, 3.05) is 6.54 Å². The topological polar surface area (TPSA) is 43.1 Å². The van der Waals surface area contributed by atoms with Crippen LogP contribution in [0.2, 0.25) is 0 Å². The van der Waals surface area contributed by atoms with Crippen LogP contribution < -0.4 is 0 Å². The van der Waals surface area contributed by atoms with Gasteiger partial charge in [-0.1, -0.05) is 22.0 Å². The molecule has 4 heteroatoms. The maximum atomic E-state index is 10.4. The Balaban J connectivity index is 2.29. The summed E-state index contributed by atoms with van der Waals surface area (Å²) in [6.45, 7) is -0.0322. The van der Waals surface area contributed by atoms with Crippen LogP contribution in [0.1, 0.15) is 17.5 Å². The van der Waals surface area contributed by atoms with E-state index < -0.39 is 0 Å². The fourth-order valence-electron chi connectivity index (χ4n) is 1.81. The molecule has 0 amide bonds. The number of rotatable bonds is 2. The van der Waals surface area contributed by atoms with Crippen molar-refractivity contribution in [1.82, 2.24) is 0 Å². The molecule has 78 valence electrons. The van der Waals surface area contributed by atoms with Gasteiger partial charge in [-0.2, -0.15) is 0 Å². The molecule has 0 saturated heterocycles. The third kappa shape index (κ3) is 2.45. The zero-order valence-corrected chi connectivity index (χ0v) is 9.66. The van der Waals surface area contributed by atoms with Gasteiger partial charge >= 0.3 is 0 Å². The van der Waals surface area contributed by atoms with Crippen LogP contribution in [0.15, 0.2) is 28.2 Å². The number of benzene rings is 1. The van der Waals surface area contributed by atoms with E-state index in [0.717, 1.165) is 28.5 Å².